The van der Waals surface area contributed by atoms with Crippen LogP contribution in [0, 0.1) is 6.92 Å². The standard InChI is InChI=1S/C19H21NO3S/c1-13-6-4-5-7-16(13)19-20(18(21)12-24-19)11-14-8-9-15(22-2)10-17(14)23-3/h4-10,19H,11-12H2,1-3H3. The van der Waals surface area contributed by atoms with Crippen molar-refractivity contribution in [1.82, 2.24) is 4.90 Å². The summed E-state index contributed by atoms with van der Waals surface area (Å²) in [5, 5.41) is 0.0468. The van der Waals surface area contributed by atoms with Crippen molar-refractivity contribution in [3.63, 3.8) is 0 Å². The van der Waals surface area contributed by atoms with Crippen molar-refractivity contribution in [2.75, 3.05) is 20.0 Å². The van der Waals surface area contributed by atoms with Gasteiger partial charge in [0.05, 0.1) is 26.5 Å². The summed E-state index contributed by atoms with van der Waals surface area (Å²) in [6, 6.07) is 14.0. The first-order valence-electron chi connectivity index (χ1n) is 7.81. The van der Waals surface area contributed by atoms with Gasteiger partial charge in [0.2, 0.25) is 5.91 Å². The first-order valence-corrected chi connectivity index (χ1v) is 8.86. The van der Waals surface area contributed by atoms with Crippen LogP contribution in [0.2, 0.25) is 0 Å². The van der Waals surface area contributed by atoms with E-state index in [0.717, 1.165) is 17.1 Å². The minimum absolute atomic E-state index is 0.0468. The number of carbonyl (C=O) groups is 1. The van der Waals surface area contributed by atoms with Crippen LogP contribution >= 0.6 is 11.8 Å². The number of amides is 1. The van der Waals surface area contributed by atoms with E-state index in [1.165, 1.54) is 11.1 Å². The molecule has 2 aromatic carbocycles. The second-order valence-corrected chi connectivity index (χ2v) is 6.79. The molecule has 3 rings (SSSR count). The lowest BCUT2D eigenvalue weighted by molar-refractivity contribution is -0.128. The molecule has 0 radical (unpaired) electrons. The summed E-state index contributed by atoms with van der Waals surface area (Å²) in [7, 11) is 3.26. The number of carbonyl (C=O) groups excluding carboxylic acids is 1. The molecule has 1 aliphatic heterocycles. The highest BCUT2D eigenvalue weighted by molar-refractivity contribution is 8.00. The predicted octanol–water partition coefficient (Wildman–Crippen LogP) is 3.79. The molecule has 0 bridgehead atoms. The van der Waals surface area contributed by atoms with Crippen LogP contribution in [0.1, 0.15) is 22.1 Å². The van der Waals surface area contributed by atoms with Crippen LogP contribution < -0.4 is 9.47 Å². The Morgan fingerprint density at radius 2 is 1.96 bits per heavy atom. The molecule has 2 aromatic rings. The summed E-state index contributed by atoms with van der Waals surface area (Å²) in [4.78, 5) is 14.4. The van der Waals surface area contributed by atoms with E-state index in [1.54, 1.807) is 26.0 Å². The van der Waals surface area contributed by atoms with Gasteiger partial charge in [-0.25, -0.2) is 0 Å². The van der Waals surface area contributed by atoms with E-state index in [4.69, 9.17) is 9.47 Å². The molecule has 1 unspecified atom stereocenters. The average Bonchev–Trinajstić information content (AvgIpc) is 2.96. The van der Waals surface area contributed by atoms with E-state index in [2.05, 4.69) is 19.1 Å². The first-order chi connectivity index (χ1) is 11.6. The lowest BCUT2D eigenvalue weighted by atomic mass is 10.1. The Kier molecular flexibility index (Phi) is 5.00. The van der Waals surface area contributed by atoms with Crippen LogP contribution in [0.4, 0.5) is 0 Å². The molecule has 24 heavy (non-hydrogen) atoms. The molecule has 1 aliphatic rings. The SMILES string of the molecule is COc1ccc(CN2C(=O)CSC2c2ccccc2C)c(OC)c1. The largest absolute Gasteiger partial charge is 0.497 e. The van der Waals surface area contributed by atoms with Gasteiger partial charge >= 0.3 is 0 Å². The van der Waals surface area contributed by atoms with Gasteiger partial charge < -0.3 is 14.4 Å². The third-order valence-corrected chi connectivity index (χ3v) is 5.50. The van der Waals surface area contributed by atoms with Crippen molar-refractivity contribution in [2.45, 2.75) is 18.8 Å². The van der Waals surface area contributed by atoms with E-state index in [-0.39, 0.29) is 11.3 Å². The fraction of sp³-hybridized carbons (Fsp3) is 0.316. The van der Waals surface area contributed by atoms with Crippen molar-refractivity contribution in [3.8, 4) is 11.5 Å². The van der Waals surface area contributed by atoms with Crippen molar-refractivity contribution in [1.29, 1.82) is 0 Å². The maximum absolute atomic E-state index is 12.4. The van der Waals surface area contributed by atoms with E-state index >= 15 is 0 Å². The summed E-state index contributed by atoms with van der Waals surface area (Å²) in [5.41, 5.74) is 3.38. The Labute approximate surface area is 146 Å². The number of benzene rings is 2. The van der Waals surface area contributed by atoms with Gasteiger partial charge in [-0.05, 0) is 30.2 Å². The molecule has 4 nitrogen and oxygen atoms in total. The molecule has 5 heteroatoms. The number of hydrogen-bond donors (Lipinski definition) is 0. The number of nitrogens with zero attached hydrogens (tertiary/aromatic N) is 1. The monoisotopic (exact) mass is 343 g/mol. The first kappa shape index (κ1) is 16.7. The van der Waals surface area contributed by atoms with Crippen molar-refractivity contribution >= 4 is 17.7 Å². The van der Waals surface area contributed by atoms with Gasteiger partial charge in [0, 0.05) is 11.6 Å². The molecule has 1 fully saturated rings. The fourth-order valence-corrected chi connectivity index (χ4v) is 4.19. The Morgan fingerprint density at radius 3 is 2.67 bits per heavy atom. The highest BCUT2D eigenvalue weighted by Gasteiger charge is 2.34. The van der Waals surface area contributed by atoms with Gasteiger partial charge in [-0.2, -0.15) is 0 Å². The molecular weight excluding hydrogens is 322 g/mol. The molecule has 0 aliphatic carbocycles. The number of thioether (sulfide) groups is 1. The molecule has 1 saturated heterocycles. The maximum atomic E-state index is 12.4. The number of methoxy groups -OCH3 is 2. The number of aryl methyl sites for hydroxylation is 1. The van der Waals surface area contributed by atoms with E-state index < -0.39 is 0 Å². The quantitative estimate of drug-likeness (QED) is 0.828. The van der Waals surface area contributed by atoms with E-state index in [1.807, 2.05) is 35.2 Å². The zero-order valence-electron chi connectivity index (χ0n) is 14.1. The van der Waals surface area contributed by atoms with Crippen molar-refractivity contribution < 1.29 is 14.3 Å². The molecule has 1 amide bonds. The highest BCUT2D eigenvalue weighted by Crippen LogP contribution is 2.41. The van der Waals surface area contributed by atoms with Gasteiger partial charge in [0.1, 0.15) is 16.9 Å². The molecule has 1 atom stereocenters. The number of rotatable bonds is 5. The maximum Gasteiger partial charge on any atom is 0.234 e. The van der Waals surface area contributed by atoms with Crippen molar-refractivity contribution in [2.24, 2.45) is 0 Å². The van der Waals surface area contributed by atoms with Gasteiger partial charge in [-0.3, -0.25) is 4.79 Å². The van der Waals surface area contributed by atoms with Gasteiger partial charge in [-0.1, -0.05) is 24.3 Å². The Morgan fingerprint density at radius 1 is 1.17 bits per heavy atom. The third kappa shape index (κ3) is 3.22. The number of ether oxygens (including phenoxy) is 2. The van der Waals surface area contributed by atoms with Gasteiger partial charge in [-0.15, -0.1) is 11.8 Å². The van der Waals surface area contributed by atoms with Crippen LogP contribution in [0.15, 0.2) is 42.5 Å². The highest BCUT2D eigenvalue weighted by atomic mass is 32.2. The summed E-state index contributed by atoms with van der Waals surface area (Å²) in [6.07, 6.45) is 0. The lowest BCUT2D eigenvalue weighted by Crippen LogP contribution is -2.28. The Hall–Kier alpha value is -2.14. The third-order valence-electron chi connectivity index (χ3n) is 4.26. The topological polar surface area (TPSA) is 38.8 Å². The zero-order valence-corrected chi connectivity index (χ0v) is 14.9. The Balaban J connectivity index is 1.90. The average molecular weight is 343 g/mol. The molecule has 0 N–H and O–H groups in total. The van der Waals surface area contributed by atoms with Crippen LogP contribution in [-0.4, -0.2) is 30.8 Å². The number of hydrogen-bond acceptors (Lipinski definition) is 4. The summed E-state index contributed by atoms with van der Waals surface area (Å²) in [6.45, 7) is 2.61. The minimum Gasteiger partial charge on any atom is -0.497 e. The predicted molar refractivity (Wildman–Crippen MR) is 96.5 cm³/mol. The molecule has 0 aromatic heterocycles. The van der Waals surface area contributed by atoms with Crippen molar-refractivity contribution in [3.05, 3.63) is 59.2 Å². The van der Waals surface area contributed by atoms with Crippen LogP contribution in [-0.2, 0) is 11.3 Å². The van der Waals surface area contributed by atoms with E-state index in [0.29, 0.717) is 12.3 Å². The molecule has 126 valence electrons. The molecule has 0 saturated carbocycles. The zero-order chi connectivity index (χ0) is 17.1. The lowest BCUT2D eigenvalue weighted by Gasteiger charge is -2.26. The molecular formula is C19H21NO3S. The van der Waals surface area contributed by atoms with E-state index in [9.17, 15) is 4.79 Å². The second kappa shape index (κ2) is 7.18. The molecule has 1 heterocycles. The smallest absolute Gasteiger partial charge is 0.234 e. The molecule has 0 spiro atoms. The summed E-state index contributed by atoms with van der Waals surface area (Å²) in [5.74, 6) is 2.15. The summed E-state index contributed by atoms with van der Waals surface area (Å²) < 4.78 is 10.7. The fourth-order valence-electron chi connectivity index (χ4n) is 2.91. The van der Waals surface area contributed by atoms with Crippen LogP contribution in [0.5, 0.6) is 11.5 Å². The van der Waals surface area contributed by atoms with Gasteiger partial charge in [0.15, 0.2) is 0 Å². The minimum atomic E-state index is 0.0468. The second-order valence-electron chi connectivity index (χ2n) is 5.72. The Bertz CT molecular complexity index is 747. The van der Waals surface area contributed by atoms with Gasteiger partial charge in [0.25, 0.3) is 0 Å². The van der Waals surface area contributed by atoms with Crippen LogP contribution in [0.25, 0.3) is 0 Å². The normalized spacial score (nSPS) is 17.2. The summed E-state index contributed by atoms with van der Waals surface area (Å²) >= 11 is 1.68. The van der Waals surface area contributed by atoms with Crippen LogP contribution in [0.3, 0.4) is 0 Å².